The smallest absolute Gasteiger partial charge is 0.328 e. The Labute approximate surface area is 264 Å². The standard InChI is InChI=1S/C25H27N3O2.2C4H4O4/c29-23-20-16-28(18-7-2-1-3-8-18)25(22(20)24(30)26-23)12-14-27(15-13-25)21-11-10-17-6-4-5-9-19(17)21;2*5-3(6)1-2-4(7)8/h1-9,20-22H,10-16H2,(H,26,29,30);2*1-2H,(H,5,6)(H,7,8)/b;2*2-1+. The molecule has 3 heterocycles. The van der Waals surface area contributed by atoms with Gasteiger partial charge in [0.05, 0.1) is 17.4 Å². The molecule has 4 aliphatic rings. The van der Waals surface area contributed by atoms with Gasteiger partial charge in [-0.2, -0.15) is 0 Å². The number of anilines is 1. The minimum absolute atomic E-state index is 0.0666. The predicted octanol–water partition coefficient (Wildman–Crippen LogP) is 2.34. The van der Waals surface area contributed by atoms with E-state index >= 15 is 0 Å². The third-order valence-corrected chi connectivity index (χ3v) is 8.77. The summed E-state index contributed by atoms with van der Waals surface area (Å²) in [6.45, 7) is 2.57. The number of likely N-dealkylation sites (tertiary alicyclic amines) is 1. The highest BCUT2D eigenvalue weighted by Crippen LogP contribution is 2.51. The number of benzene rings is 2. The number of nitrogens with zero attached hydrogens (tertiary/aromatic N) is 2. The van der Waals surface area contributed by atoms with Crippen LogP contribution in [-0.2, 0) is 35.2 Å². The van der Waals surface area contributed by atoms with E-state index in [2.05, 4.69) is 51.5 Å². The van der Waals surface area contributed by atoms with E-state index in [-0.39, 0.29) is 29.2 Å². The minimum Gasteiger partial charge on any atom is -0.478 e. The fourth-order valence-electron chi connectivity index (χ4n) is 6.95. The molecule has 13 heteroatoms. The van der Waals surface area contributed by atoms with Crippen LogP contribution in [0.15, 0.2) is 78.9 Å². The third-order valence-electron chi connectivity index (χ3n) is 8.77. The number of rotatable bonds is 6. The van der Waals surface area contributed by atoms with Gasteiger partial charge in [0, 0.05) is 55.7 Å². The molecule has 2 aromatic carbocycles. The predicted molar refractivity (Wildman–Crippen MR) is 164 cm³/mol. The molecule has 3 fully saturated rings. The Morgan fingerprint density at radius 3 is 1.80 bits per heavy atom. The van der Waals surface area contributed by atoms with Gasteiger partial charge >= 0.3 is 23.9 Å². The van der Waals surface area contributed by atoms with Crippen LogP contribution in [0, 0.1) is 11.8 Å². The topological polar surface area (TPSA) is 202 Å². The highest BCUT2D eigenvalue weighted by Gasteiger charge is 2.63. The van der Waals surface area contributed by atoms with Crippen LogP contribution in [0.5, 0.6) is 0 Å². The van der Waals surface area contributed by atoms with E-state index in [1.54, 1.807) is 0 Å². The first-order valence-electron chi connectivity index (χ1n) is 14.7. The van der Waals surface area contributed by atoms with Gasteiger partial charge in [0.15, 0.2) is 0 Å². The Morgan fingerprint density at radius 1 is 0.739 bits per heavy atom. The average molecular weight is 634 g/mol. The normalized spacial score (nSPS) is 22.8. The number of aryl methyl sites for hydroxylation is 1. The molecule has 1 aliphatic carbocycles. The second-order valence-corrected chi connectivity index (χ2v) is 11.3. The fraction of sp³-hybridized carbons (Fsp3) is 0.333. The van der Waals surface area contributed by atoms with E-state index in [4.69, 9.17) is 20.4 Å². The van der Waals surface area contributed by atoms with Gasteiger partial charge in [-0.05, 0) is 48.9 Å². The Hall–Kier alpha value is -5.30. The van der Waals surface area contributed by atoms with E-state index in [9.17, 15) is 28.8 Å². The number of carboxylic acids is 4. The molecule has 0 saturated carbocycles. The Bertz CT molecular complexity index is 1480. The number of hydrogen-bond acceptors (Lipinski definition) is 8. The van der Waals surface area contributed by atoms with E-state index < -0.39 is 23.9 Å². The first-order valence-corrected chi connectivity index (χ1v) is 14.7. The quantitative estimate of drug-likeness (QED) is 0.230. The molecular formula is C33H35N3O10. The van der Waals surface area contributed by atoms with E-state index in [0.717, 1.165) is 38.0 Å². The molecule has 2 amide bonds. The average Bonchev–Trinajstić information content (AvgIpc) is 3.69. The number of carboxylic acid groups (broad SMARTS) is 4. The molecule has 3 aliphatic heterocycles. The highest BCUT2D eigenvalue weighted by molar-refractivity contribution is 6.07. The number of imide groups is 1. The van der Waals surface area contributed by atoms with Crippen molar-refractivity contribution >= 4 is 41.4 Å². The molecule has 2 aromatic rings. The summed E-state index contributed by atoms with van der Waals surface area (Å²) >= 11 is 0. The number of carbonyl (C=O) groups is 6. The number of fused-ring (bicyclic) bond motifs is 3. The monoisotopic (exact) mass is 633 g/mol. The Kier molecular flexibility index (Phi) is 10.7. The number of carbonyl (C=O) groups excluding carboxylic acids is 2. The first kappa shape index (κ1) is 33.6. The molecule has 3 saturated heterocycles. The van der Waals surface area contributed by atoms with Gasteiger partial charge in [-0.1, -0.05) is 42.5 Å². The van der Waals surface area contributed by atoms with Crippen LogP contribution >= 0.6 is 0 Å². The lowest BCUT2D eigenvalue weighted by atomic mass is 9.74. The molecule has 242 valence electrons. The lowest BCUT2D eigenvalue weighted by molar-refractivity contribution is -0.134. The maximum Gasteiger partial charge on any atom is 0.328 e. The van der Waals surface area contributed by atoms with Crippen molar-refractivity contribution in [3.05, 3.63) is 90.0 Å². The maximum absolute atomic E-state index is 12.8. The van der Waals surface area contributed by atoms with Crippen LogP contribution in [0.4, 0.5) is 5.69 Å². The summed E-state index contributed by atoms with van der Waals surface area (Å²) in [6.07, 6.45) is 6.40. The summed E-state index contributed by atoms with van der Waals surface area (Å²) in [6, 6.07) is 19.7. The van der Waals surface area contributed by atoms with Crippen molar-refractivity contribution in [2.45, 2.75) is 37.3 Å². The minimum atomic E-state index is -1.26. The van der Waals surface area contributed by atoms with Crippen molar-refractivity contribution in [2.75, 3.05) is 24.5 Å². The Balaban J connectivity index is 0.000000250. The van der Waals surface area contributed by atoms with Crippen molar-refractivity contribution in [3.8, 4) is 0 Å². The lowest BCUT2D eigenvalue weighted by Gasteiger charge is -2.49. The molecule has 0 aromatic heterocycles. The summed E-state index contributed by atoms with van der Waals surface area (Å²) in [5, 5.41) is 33.9. The summed E-state index contributed by atoms with van der Waals surface area (Å²) in [5.74, 6) is -5.64. The highest BCUT2D eigenvalue weighted by atomic mass is 16.4. The number of hydrogen-bond donors (Lipinski definition) is 5. The van der Waals surface area contributed by atoms with Gasteiger partial charge in [0.1, 0.15) is 0 Å². The zero-order valence-corrected chi connectivity index (χ0v) is 24.8. The van der Waals surface area contributed by atoms with Crippen LogP contribution in [0.1, 0.15) is 36.4 Å². The summed E-state index contributed by atoms with van der Waals surface area (Å²) < 4.78 is 0. The largest absolute Gasteiger partial charge is 0.478 e. The first-order chi connectivity index (χ1) is 21.9. The van der Waals surface area contributed by atoms with E-state index in [1.807, 2.05) is 18.2 Å². The number of nitrogens with one attached hydrogen (secondary N) is 1. The van der Waals surface area contributed by atoms with Crippen LogP contribution < -0.4 is 10.2 Å². The van der Waals surface area contributed by atoms with Crippen molar-refractivity contribution in [1.29, 1.82) is 0 Å². The van der Waals surface area contributed by atoms with Gasteiger partial charge in [-0.15, -0.1) is 0 Å². The second kappa shape index (κ2) is 14.7. The molecule has 3 atom stereocenters. The summed E-state index contributed by atoms with van der Waals surface area (Å²) in [7, 11) is 0. The molecular weight excluding hydrogens is 598 g/mol. The van der Waals surface area contributed by atoms with Crippen molar-refractivity contribution in [2.24, 2.45) is 11.8 Å². The molecule has 46 heavy (non-hydrogen) atoms. The zero-order chi connectivity index (χ0) is 33.4. The van der Waals surface area contributed by atoms with Gasteiger partial charge in [-0.3, -0.25) is 19.8 Å². The molecule has 5 N–H and O–H groups in total. The van der Waals surface area contributed by atoms with Gasteiger partial charge in [0.2, 0.25) is 11.8 Å². The van der Waals surface area contributed by atoms with Crippen molar-refractivity contribution in [3.63, 3.8) is 0 Å². The van der Waals surface area contributed by atoms with Gasteiger partial charge in [0.25, 0.3) is 0 Å². The third kappa shape index (κ3) is 7.67. The Morgan fingerprint density at radius 2 is 1.26 bits per heavy atom. The second-order valence-electron chi connectivity index (χ2n) is 11.3. The van der Waals surface area contributed by atoms with E-state index in [1.165, 1.54) is 17.5 Å². The van der Waals surface area contributed by atoms with Gasteiger partial charge in [-0.25, -0.2) is 19.2 Å². The molecule has 3 unspecified atom stereocenters. The number of para-hydroxylation sites is 1. The maximum atomic E-state index is 12.8. The SMILES string of the molecule is O=C(O)/C=C/C(=O)O.O=C(O)/C=C/C(=O)O.O=C1NC(=O)C2C1CN(c1ccccc1)C21CCN(C2CCc3ccccc32)CC1. The zero-order valence-electron chi connectivity index (χ0n) is 24.8. The number of amides is 2. The summed E-state index contributed by atoms with van der Waals surface area (Å²) in [4.78, 5) is 68.6. The van der Waals surface area contributed by atoms with Crippen molar-refractivity contribution < 1.29 is 49.2 Å². The lowest BCUT2D eigenvalue weighted by Crippen LogP contribution is -2.57. The van der Waals surface area contributed by atoms with Crippen LogP contribution in [0.25, 0.3) is 0 Å². The van der Waals surface area contributed by atoms with E-state index in [0.29, 0.717) is 36.9 Å². The number of piperidine rings is 1. The van der Waals surface area contributed by atoms with Gasteiger partial charge < -0.3 is 25.3 Å². The van der Waals surface area contributed by atoms with Crippen LogP contribution in [0.2, 0.25) is 0 Å². The molecule has 0 bridgehead atoms. The molecule has 0 radical (unpaired) electrons. The summed E-state index contributed by atoms with van der Waals surface area (Å²) in [5.41, 5.74) is 3.82. The molecule has 13 nitrogen and oxygen atoms in total. The van der Waals surface area contributed by atoms with Crippen LogP contribution in [-0.4, -0.2) is 86.2 Å². The number of aliphatic carboxylic acids is 4. The van der Waals surface area contributed by atoms with Crippen molar-refractivity contribution in [1.82, 2.24) is 10.2 Å². The molecule has 1 spiro atoms. The van der Waals surface area contributed by atoms with Crippen LogP contribution in [0.3, 0.4) is 0 Å². The fourth-order valence-corrected chi connectivity index (χ4v) is 6.95. The molecule has 6 rings (SSSR count).